The van der Waals surface area contributed by atoms with E-state index < -0.39 is 28.5 Å². The van der Waals surface area contributed by atoms with Gasteiger partial charge in [-0.3, -0.25) is 13.9 Å². The molecule has 0 aromatic heterocycles. The smallest absolute Gasteiger partial charge is 0.264 e. The first-order valence-electron chi connectivity index (χ1n) is 14.6. The molecule has 0 saturated carbocycles. The van der Waals surface area contributed by atoms with Gasteiger partial charge in [0.25, 0.3) is 10.0 Å². The molecule has 8 nitrogen and oxygen atoms in total. The summed E-state index contributed by atoms with van der Waals surface area (Å²) in [5, 5.41) is 2.97. The van der Waals surface area contributed by atoms with Crippen LogP contribution in [0.4, 0.5) is 5.69 Å². The zero-order valence-electron chi connectivity index (χ0n) is 25.8. The predicted octanol–water partition coefficient (Wildman–Crippen LogP) is 6.13. The van der Waals surface area contributed by atoms with Crippen LogP contribution in [0.25, 0.3) is 0 Å². The number of nitrogens with zero attached hydrogens (tertiary/aromatic N) is 2. The Bertz CT molecular complexity index is 1700. The van der Waals surface area contributed by atoms with Crippen molar-refractivity contribution in [3.05, 3.63) is 124 Å². The largest absolute Gasteiger partial charge is 0.497 e. The van der Waals surface area contributed by atoms with Gasteiger partial charge in [-0.1, -0.05) is 76.1 Å². The predicted molar refractivity (Wildman–Crippen MR) is 181 cm³/mol. The number of hydrogen-bond acceptors (Lipinski definition) is 5. The van der Waals surface area contributed by atoms with Crippen LogP contribution >= 0.6 is 15.9 Å². The van der Waals surface area contributed by atoms with Gasteiger partial charge in [0.15, 0.2) is 0 Å². The molecule has 4 aromatic rings. The van der Waals surface area contributed by atoms with E-state index in [4.69, 9.17) is 4.74 Å². The van der Waals surface area contributed by atoms with Crippen molar-refractivity contribution in [2.24, 2.45) is 0 Å². The summed E-state index contributed by atoms with van der Waals surface area (Å²) in [5.74, 6) is -0.336. The Morgan fingerprint density at radius 2 is 1.51 bits per heavy atom. The molecule has 45 heavy (non-hydrogen) atoms. The lowest BCUT2D eigenvalue weighted by Crippen LogP contribution is -2.54. The van der Waals surface area contributed by atoms with Crippen molar-refractivity contribution >= 4 is 43.5 Å². The number of ether oxygens (including phenoxy) is 1. The molecule has 0 saturated heterocycles. The fourth-order valence-corrected chi connectivity index (χ4v) is 6.74. The van der Waals surface area contributed by atoms with Crippen LogP contribution in [0, 0.1) is 6.92 Å². The van der Waals surface area contributed by atoms with Gasteiger partial charge in [0, 0.05) is 23.5 Å². The van der Waals surface area contributed by atoms with Crippen molar-refractivity contribution in [1.82, 2.24) is 10.2 Å². The minimum Gasteiger partial charge on any atom is -0.497 e. The number of aryl methyl sites for hydroxylation is 1. The third-order valence-electron chi connectivity index (χ3n) is 7.19. The molecule has 1 N–H and O–H groups in total. The Labute approximate surface area is 274 Å². The lowest BCUT2D eigenvalue weighted by atomic mass is 10.0. The molecular formula is C35H38BrN3O5S. The molecule has 0 unspecified atom stereocenters. The van der Waals surface area contributed by atoms with Crippen LogP contribution in [0.3, 0.4) is 0 Å². The first kappa shape index (κ1) is 33.7. The normalized spacial score (nSPS) is 12.0. The van der Waals surface area contributed by atoms with E-state index in [0.717, 1.165) is 25.5 Å². The maximum absolute atomic E-state index is 14.5. The average molecular weight is 693 g/mol. The molecule has 0 aliphatic carbocycles. The highest BCUT2D eigenvalue weighted by Crippen LogP contribution is 2.27. The molecule has 0 aliphatic rings. The summed E-state index contributed by atoms with van der Waals surface area (Å²) < 4.78 is 35.4. The van der Waals surface area contributed by atoms with Gasteiger partial charge in [-0.2, -0.15) is 0 Å². The third-order valence-corrected chi connectivity index (χ3v) is 9.47. The summed E-state index contributed by atoms with van der Waals surface area (Å²) in [6, 6.07) is 28.8. The number of sulfonamides is 1. The zero-order chi connectivity index (χ0) is 32.6. The van der Waals surface area contributed by atoms with E-state index >= 15 is 0 Å². The number of rotatable bonds is 13. The highest BCUT2D eigenvalue weighted by molar-refractivity contribution is 9.10. The number of amides is 2. The first-order valence-corrected chi connectivity index (χ1v) is 16.8. The second-order valence-electron chi connectivity index (χ2n) is 11.0. The van der Waals surface area contributed by atoms with Crippen molar-refractivity contribution in [3.63, 3.8) is 0 Å². The number of benzene rings is 4. The Balaban J connectivity index is 1.80. The molecule has 0 bridgehead atoms. The molecule has 0 heterocycles. The second-order valence-corrected chi connectivity index (χ2v) is 13.8. The number of hydrogen-bond donors (Lipinski definition) is 1. The monoisotopic (exact) mass is 691 g/mol. The summed E-state index contributed by atoms with van der Waals surface area (Å²) >= 11 is 3.50. The van der Waals surface area contributed by atoms with Crippen molar-refractivity contribution in [1.29, 1.82) is 0 Å². The van der Waals surface area contributed by atoms with Crippen LogP contribution in [-0.2, 0) is 32.6 Å². The first-order chi connectivity index (χ1) is 21.5. The lowest BCUT2D eigenvalue weighted by molar-refractivity contribution is -0.140. The molecule has 0 radical (unpaired) electrons. The van der Waals surface area contributed by atoms with E-state index in [2.05, 4.69) is 21.2 Å². The number of methoxy groups -OCH3 is 1. The summed E-state index contributed by atoms with van der Waals surface area (Å²) in [4.78, 5) is 29.8. The topological polar surface area (TPSA) is 96.0 Å². The van der Waals surface area contributed by atoms with E-state index in [-0.39, 0.29) is 29.8 Å². The Morgan fingerprint density at radius 1 is 0.867 bits per heavy atom. The van der Waals surface area contributed by atoms with Gasteiger partial charge in [0.1, 0.15) is 18.3 Å². The molecule has 4 aromatic carbocycles. The SMILES string of the molecule is COc1ccc(S(=O)(=O)N(CC(=O)N(Cc2cccc(Br)c2)[C@H](Cc2ccccc2)C(=O)NC(C)C)c2ccc(C)cc2)cc1. The van der Waals surface area contributed by atoms with E-state index in [1.165, 1.54) is 24.1 Å². The van der Waals surface area contributed by atoms with Gasteiger partial charge < -0.3 is 15.0 Å². The number of halogens is 1. The maximum atomic E-state index is 14.5. The number of nitrogens with one attached hydrogen (secondary N) is 1. The highest BCUT2D eigenvalue weighted by Gasteiger charge is 2.35. The van der Waals surface area contributed by atoms with E-state index in [1.54, 1.807) is 36.4 Å². The van der Waals surface area contributed by atoms with Crippen LogP contribution in [0.2, 0.25) is 0 Å². The fourth-order valence-electron chi connectivity index (χ4n) is 4.88. The summed E-state index contributed by atoms with van der Waals surface area (Å²) in [5.41, 5.74) is 2.93. The van der Waals surface area contributed by atoms with Gasteiger partial charge in [-0.15, -0.1) is 0 Å². The average Bonchev–Trinajstić information content (AvgIpc) is 3.02. The van der Waals surface area contributed by atoms with Crippen LogP contribution < -0.4 is 14.4 Å². The molecule has 0 fully saturated rings. The van der Waals surface area contributed by atoms with Crippen molar-refractivity contribution in [3.8, 4) is 5.75 Å². The molecule has 10 heteroatoms. The Kier molecular flexibility index (Phi) is 11.4. The van der Waals surface area contributed by atoms with Gasteiger partial charge in [0.2, 0.25) is 11.8 Å². The minimum atomic E-state index is -4.20. The molecular weight excluding hydrogens is 654 g/mol. The van der Waals surface area contributed by atoms with E-state index in [9.17, 15) is 18.0 Å². The van der Waals surface area contributed by atoms with Crippen LogP contribution in [0.1, 0.15) is 30.5 Å². The number of carbonyl (C=O) groups excluding carboxylic acids is 2. The molecule has 236 valence electrons. The van der Waals surface area contributed by atoms with Crippen molar-refractivity contribution in [2.45, 2.75) is 50.7 Å². The lowest BCUT2D eigenvalue weighted by Gasteiger charge is -2.34. The summed E-state index contributed by atoms with van der Waals surface area (Å²) in [7, 11) is -2.70. The highest BCUT2D eigenvalue weighted by atomic mass is 79.9. The van der Waals surface area contributed by atoms with Crippen molar-refractivity contribution < 1.29 is 22.7 Å². The molecule has 0 spiro atoms. The fraction of sp³-hybridized carbons (Fsp3) is 0.257. The Morgan fingerprint density at radius 3 is 2.11 bits per heavy atom. The van der Waals surface area contributed by atoms with Crippen LogP contribution in [-0.4, -0.2) is 50.9 Å². The van der Waals surface area contributed by atoms with E-state index in [0.29, 0.717) is 11.4 Å². The second kappa shape index (κ2) is 15.2. The van der Waals surface area contributed by atoms with Gasteiger partial charge in [0.05, 0.1) is 17.7 Å². The molecule has 2 amide bonds. The Hall–Kier alpha value is -4.15. The number of anilines is 1. The van der Waals surface area contributed by atoms with Gasteiger partial charge >= 0.3 is 0 Å². The van der Waals surface area contributed by atoms with E-state index in [1.807, 2.05) is 75.4 Å². The molecule has 4 rings (SSSR count). The zero-order valence-corrected chi connectivity index (χ0v) is 28.2. The molecule has 0 aliphatic heterocycles. The minimum absolute atomic E-state index is 0.00796. The van der Waals surface area contributed by atoms with Gasteiger partial charge in [-0.05, 0) is 80.4 Å². The third kappa shape index (κ3) is 8.95. The summed E-state index contributed by atoms with van der Waals surface area (Å²) in [6.07, 6.45) is 0.245. The quantitative estimate of drug-likeness (QED) is 0.182. The van der Waals surface area contributed by atoms with Crippen LogP contribution in [0.15, 0.2) is 112 Å². The van der Waals surface area contributed by atoms with Gasteiger partial charge in [-0.25, -0.2) is 8.42 Å². The van der Waals surface area contributed by atoms with Crippen LogP contribution in [0.5, 0.6) is 5.75 Å². The number of carbonyl (C=O) groups is 2. The molecule has 1 atom stereocenters. The summed E-state index contributed by atoms with van der Waals surface area (Å²) in [6.45, 7) is 5.19. The standard InChI is InChI=1S/C35H38BrN3O5S/c1-25(2)37-35(41)33(22-27-9-6-5-7-10-27)38(23-28-11-8-12-29(36)21-28)34(40)24-39(30-15-13-26(3)14-16-30)45(42,43)32-19-17-31(44-4)18-20-32/h5-21,25,33H,22-24H2,1-4H3,(H,37,41)/t33-/m1/s1. The maximum Gasteiger partial charge on any atom is 0.264 e. The van der Waals surface area contributed by atoms with Crippen molar-refractivity contribution in [2.75, 3.05) is 18.0 Å².